The number of nitrogens with zero attached hydrogens (tertiary/aromatic N) is 5. The molecule has 0 fully saturated rings. The minimum absolute atomic E-state index is 0.676. The van der Waals surface area contributed by atoms with Crippen LogP contribution in [0, 0.1) is 0 Å². The topological polar surface area (TPSA) is 60.6 Å². The van der Waals surface area contributed by atoms with Gasteiger partial charge in [-0.1, -0.05) is 17.3 Å². The first-order chi connectivity index (χ1) is 9.34. The van der Waals surface area contributed by atoms with Crippen LogP contribution >= 0.6 is 0 Å². The smallest absolute Gasteiger partial charge is 0.0992 e. The molecule has 1 aromatic carbocycles. The number of para-hydroxylation sites is 2. The van der Waals surface area contributed by atoms with Gasteiger partial charge in [0.25, 0.3) is 0 Å². The lowest BCUT2D eigenvalue weighted by molar-refractivity contribution is 0.683. The maximum absolute atomic E-state index is 4.07. The van der Waals surface area contributed by atoms with Crippen LogP contribution in [0.4, 0.5) is 5.69 Å². The molecule has 3 rings (SSSR count). The van der Waals surface area contributed by atoms with Gasteiger partial charge in [0.05, 0.1) is 36.1 Å². The normalized spacial score (nSPS) is 10.6. The molecule has 0 bridgehead atoms. The Morgan fingerprint density at radius 3 is 2.89 bits per heavy atom. The number of benzene rings is 1. The van der Waals surface area contributed by atoms with Crippen LogP contribution in [0.2, 0.25) is 0 Å². The van der Waals surface area contributed by atoms with E-state index in [1.54, 1.807) is 23.4 Å². The van der Waals surface area contributed by atoms with Gasteiger partial charge in [-0.15, -0.1) is 5.10 Å². The molecule has 0 amide bonds. The second kappa shape index (κ2) is 4.93. The van der Waals surface area contributed by atoms with Gasteiger partial charge in [-0.2, -0.15) is 0 Å². The zero-order valence-electron chi connectivity index (χ0n) is 10.6. The number of rotatable bonds is 4. The number of aryl methyl sites for hydroxylation is 1. The van der Waals surface area contributed by atoms with Gasteiger partial charge in [-0.25, -0.2) is 4.98 Å². The van der Waals surface area contributed by atoms with E-state index < -0.39 is 0 Å². The zero-order chi connectivity index (χ0) is 13.1. The van der Waals surface area contributed by atoms with Gasteiger partial charge in [0.1, 0.15) is 0 Å². The van der Waals surface area contributed by atoms with Crippen LogP contribution < -0.4 is 5.32 Å². The maximum atomic E-state index is 4.07. The zero-order valence-corrected chi connectivity index (χ0v) is 10.6. The third-order valence-electron chi connectivity index (χ3n) is 2.95. The number of aromatic nitrogens is 5. The second-order valence-electron chi connectivity index (χ2n) is 4.19. The summed E-state index contributed by atoms with van der Waals surface area (Å²) in [6.07, 6.45) is 7.23. The number of anilines is 1. The number of imidazole rings is 1. The first-order valence-electron chi connectivity index (χ1n) is 5.99. The van der Waals surface area contributed by atoms with E-state index in [-0.39, 0.29) is 0 Å². The standard InChI is InChI=1S/C13H14N6/c1-18-11(9-16-17-18)8-15-12-4-2-3-5-13(12)19-7-6-14-10-19/h2-7,9-10,15H,8H2,1H3. The average molecular weight is 254 g/mol. The lowest BCUT2D eigenvalue weighted by Crippen LogP contribution is -2.07. The molecule has 0 aliphatic carbocycles. The highest BCUT2D eigenvalue weighted by atomic mass is 15.4. The van der Waals surface area contributed by atoms with E-state index in [1.807, 2.05) is 42.1 Å². The first kappa shape index (κ1) is 11.5. The van der Waals surface area contributed by atoms with E-state index in [4.69, 9.17) is 0 Å². The lowest BCUT2D eigenvalue weighted by atomic mass is 10.2. The van der Waals surface area contributed by atoms with Crippen LogP contribution in [0.3, 0.4) is 0 Å². The highest BCUT2D eigenvalue weighted by molar-refractivity contribution is 5.60. The Kier molecular flexibility index (Phi) is 2.97. The lowest BCUT2D eigenvalue weighted by Gasteiger charge is -2.12. The minimum atomic E-state index is 0.676. The highest BCUT2D eigenvalue weighted by Crippen LogP contribution is 2.20. The molecule has 0 saturated heterocycles. The van der Waals surface area contributed by atoms with Crippen LogP contribution in [-0.2, 0) is 13.6 Å². The second-order valence-corrected chi connectivity index (χ2v) is 4.19. The summed E-state index contributed by atoms with van der Waals surface area (Å²) in [7, 11) is 1.88. The van der Waals surface area contributed by atoms with E-state index >= 15 is 0 Å². The summed E-state index contributed by atoms with van der Waals surface area (Å²) in [5.74, 6) is 0. The van der Waals surface area contributed by atoms with Gasteiger partial charge in [-0.3, -0.25) is 4.68 Å². The molecular formula is C13H14N6. The number of hydrogen-bond acceptors (Lipinski definition) is 4. The summed E-state index contributed by atoms with van der Waals surface area (Å²) in [4.78, 5) is 4.07. The molecule has 1 N–H and O–H groups in total. The molecule has 0 radical (unpaired) electrons. The molecule has 0 unspecified atom stereocenters. The van der Waals surface area contributed by atoms with Gasteiger partial charge < -0.3 is 9.88 Å². The molecule has 19 heavy (non-hydrogen) atoms. The molecule has 0 saturated carbocycles. The number of nitrogens with one attached hydrogen (secondary N) is 1. The third kappa shape index (κ3) is 2.33. The van der Waals surface area contributed by atoms with Gasteiger partial charge in [0.15, 0.2) is 0 Å². The van der Waals surface area contributed by atoms with E-state index in [0.29, 0.717) is 6.54 Å². The summed E-state index contributed by atoms with van der Waals surface area (Å²) >= 11 is 0. The van der Waals surface area contributed by atoms with Crippen molar-refractivity contribution >= 4 is 5.69 Å². The summed E-state index contributed by atoms with van der Waals surface area (Å²) in [5, 5.41) is 11.2. The molecule has 2 heterocycles. The van der Waals surface area contributed by atoms with Crippen molar-refractivity contribution in [3.8, 4) is 5.69 Å². The van der Waals surface area contributed by atoms with E-state index in [1.165, 1.54) is 0 Å². The van der Waals surface area contributed by atoms with Crippen LogP contribution in [0.5, 0.6) is 0 Å². The van der Waals surface area contributed by atoms with Gasteiger partial charge in [0.2, 0.25) is 0 Å². The summed E-state index contributed by atoms with van der Waals surface area (Å²) in [6.45, 7) is 0.676. The van der Waals surface area contributed by atoms with E-state index in [2.05, 4.69) is 20.6 Å². The van der Waals surface area contributed by atoms with Gasteiger partial charge in [0, 0.05) is 19.4 Å². The van der Waals surface area contributed by atoms with E-state index in [9.17, 15) is 0 Å². The third-order valence-corrected chi connectivity index (χ3v) is 2.95. The van der Waals surface area contributed by atoms with Gasteiger partial charge in [-0.05, 0) is 12.1 Å². The van der Waals surface area contributed by atoms with Gasteiger partial charge >= 0.3 is 0 Å². The molecule has 0 aliphatic heterocycles. The highest BCUT2D eigenvalue weighted by Gasteiger charge is 2.04. The summed E-state index contributed by atoms with van der Waals surface area (Å²) in [5.41, 5.74) is 3.14. The molecule has 2 aromatic heterocycles. The Morgan fingerprint density at radius 1 is 1.26 bits per heavy atom. The monoisotopic (exact) mass is 254 g/mol. The molecule has 0 atom stereocenters. The molecule has 6 heteroatoms. The summed E-state index contributed by atoms with van der Waals surface area (Å²) < 4.78 is 3.73. The average Bonchev–Trinajstić information content (AvgIpc) is 3.08. The van der Waals surface area contributed by atoms with Crippen molar-refractivity contribution in [3.05, 3.63) is 54.9 Å². The fourth-order valence-corrected chi connectivity index (χ4v) is 1.91. The van der Waals surface area contributed by atoms with Crippen LogP contribution in [0.25, 0.3) is 5.69 Å². The predicted molar refractivity (Wildman–Crippen MR) is 71.9 cm³/mol. The van der Waals surface area contributed by atoms with Crippen LogP contribution in [0.15, 0.2) is 49.2 Å². The van der Waals surface area contributed by atoms with Crippen LogP contribution in [-0.4, -0.2) is 24.5 Å². The SMILES string of the molecule is Cn1nncc1CNc1ccccc1-n1ccnc1. The Hall–Kier alpha value is -2.63. The predicted octanol–water partition coefficient (Wildman–Crippen LogP) is 1.61. The Bertz CT molecular complexity index is 655. The first-order valence-corrected chi connectivity index (χ1v) is 5.99. The van der Waals surface area contributed by atoms with Crippen molar-refractivity contribution < 1.29 is 0 Å². The van der Waals surface area contributed by atoms with E-state index in [0.717, 1.165) is 17.1 Å². The Balaban J connectivity index is 1.84. The fourth-order valence-electron chi connectivity index (χ4n) is 1.91. The molecule has 3 aromatic rings. The maximum Gasteiger partial charge on any atom is 0.0992 e. The Morgan fingerprint density at radius 2 is 2.16 bits per heavy atom. The molecule has 96 valence electrons. The van der Waals surface area contributed by atoms with Crippen molar-refractivity contribution in [2.45, 2.75) is 6.54 Å². The van der Waals surface area contributed by atoms with Crippen molar-refractivity contribution in [2.75, 3.05) is 5.32 Å². The van der Waals surface area contributed by atoms with Crippen molar-refractivity contribution in [1.29, 1.82) is 0 Å². The van der Waals surface area contributed by atoms with Crippen molar-refractivity contribution in [3.63, 3.8) is 0 Å². The van der Waals surface area contributed by atoms with Crippen molar-refractivity contribution in [1.82, 2.24) is 24.5 Å². The molecule has 6 nitrogen and oxygen atoms in total. The minimum Gasteiger partial charge on any atom is -0.378 e. The Labute approximate surface area is 110 Å². The van der Waals surface area contributed by atoms with Crippen LogP contribution in [0.1, 0.15) is 5.69 Å². The number of hydrogen-bond donors (Lipinski definition) is 1. The fraction of sp³-hybridized carbons (Fsp3) is 0.154. The van der Waals surface area contributed by atoms with Crippen molar-refractivity contribution in [2.24, 2.45) is 7.05 Å². The molecule has 0 spiro atoms. The molecule has 0 aliphatic rings. The molecular weight excluding hydrogens is 240 g/mol. The summed E-state index contributed by atoms with van der Waals surface area (Å²) in [6, 6.07) is 8.10. The largest absolute Gasteiger partial charge is 0.378 e. The quantitative estimate of drug-likeness (QED) is 0.768.